The van der Waals surface area contributed by atoms with Gasteiger partial charge in [-0.1, -0.05) is 51.8 Å². The highest BCUT2D eigenvalue weighted by molar-refractivity contribution is 6.75. The summed E-state index contributed by atoms with van der Waals surface area (Å²) < 4.78 is 10.1. The fraction of sp³-hybridized carbons (Fsp3) is 0.867. The molecule has 0 N–H and O–H groups in total. The molecular weight excluding hydrogens is 300 g/mol. The van der Waals surface area contributed by atoms with Crippen LogP contribution in [0.25, 0.3) is 0 Å². The van der Waals surface area contributed by atoms with Gasteiger partial charge in [-0.05, 0) is 35.9 Å². The van der Waals surface area contributed by atoms with Crippen LogP contribution in [-0.4, -0.2) is 27.6 Å². The molecule has 0 atom stereocenters. The third-order valence-electron chi connectivity index (χ3n) is 3.03. The molecule has 0 aromatic heterocycles. The van der Waals surface area contributed by atoms with Crippen molar-refractivity contribution in [3.63, 3.8) is 0 Å². The minimum Gasteiger partial charge on any atom is -0.501 e. The lowest BCUT2D eigenvalue weighted by Gasteiger charge is -2.34. The van der Waals surface area contributed by atoms with E-state index in [0.29, 0.717) is 17.8 Å². The molecule has 0 rings (SSSR count). The summed E-state index contributed by atoms with van der Waals surface area (Å²) >= 11 is 0. The van der Waals surface area contributed by atoms with E-state index in [9.17, 15) is 9.59 Å². The predicted molar refractivity (Wildman–Crippen MR) is 88.4 cm³/mol. The number of hydrogen-bond acceptors (Lipinski definition) is 4. The van der Waals surface area contributed by atoms with Crippen molar-refractivity contribution < 1.29 is 18.8 Å². The topological polar surface area (TPSA) is 77.3 Å². The number of ether oxygens (including phenoxy) is 1. The predicted octanol–water partition coefficient (Wildman–Crippen LogP) is 5.26. The van der Waals surface area contributed by atoms with Crippen LogP contribution in [0.4, 0.5) is 9.59 Å². The summed E-state index contributed by atoms with van der Waals surface area (Å²) in [6.45, 7) is 12.8. The van der Waals surface area contributed by atoms with Gasteiger partial charge in [0.25, 0.3) is 8.32 Å². The Morgan fingerprint density at radius 3 is 1.50 bits per heavy atom. The number of methoxy groups -OCH3 is 1. The minimum atomic E-state index is -2.29. The van der Waals surface area contributed by atoms with Crippen LogP contribution in [-0.2, 0) is 9.16 Å². The first-order valence-corrected chi connectivity index (χ1v) is 10.4. The SMILES string of the molecule is COC(=O)N=NC(=O)O[Si](CC(C)C)(CC(C)C)CC(C)C. The lowest BCUT2D eigenvalue weighted by atomic mass is 10.2. The van der Waals surface area contributed by atoms with Crippen molar-refractivity contribution in [3.05, 3.63) is 0 Å². The molecule has 0 aliphatic heterocycles. The van der Waals surface area contributed by atoms with E-state index in [1.54, 1.807) is 0 Å². The number of carbonyl (C=O) groups excluding carboxylic acids is 2. The largest absolute Gasteiger partial charge is 0.501 e. The first-order chi connectivity index (χ1) is 10.1. The number of hydrogen-bond donors (Lipinski definition) is 0. The van der Waals surface area contributed by atoms with Crippen LogP contribution >= 0.6 is 0 Å². The molecule has 0 aromatic carbocycles. The zero-order chi connectivity index (χ0) is 17.3. The van der Waals surface area contributed by atoms with E-state index in [0.717, 1.165) is 18.1 Å². The summed E-state index contributed by atoms with van der Waals surface area (Å²) in [5.74, 6) is 1.32. The van der Waals surface area contributed by atoms with Crippen molar-refractivity contribution >= 4 is 20.5 Å². The molecular formula is C15H30N2O4Si. The van der Waals surface area contributed by atoms with E-state index in [-0.39, 0.29) is 0 Å². The fourth-order valence-electron chi connectivity index (χ4n) is 2.94. The quantitative estimate of drug-likeness (QED) is 0.471. The standard InChI is InChI=1S/C15H30N2O4Si/c1-11(2)8-22(9-12(3)4,10-13(5)6)21-15(19)17-16-14(18)20-7/h11-13H,8-10H2,1-7H3. The average Bonchev–Trinajstić information content (AvgIpc) is 2.32. The second kappa shape index (κ2) is 9.71. The second-order valence-corrected chi connectivity index (χ2v) is 10.8. The Hall–Kier alpha value is -1.24. The van der Waals surface area contributed by atoms with Gasteiger partial charge < -0.3 is 9.16 Å². The first kappa shape index (κ1) is 20.8. The smallest absolute Gasteiger partial charge is 0.452 e. The molecule has 0 unspecified atom stereocenters. The summed E-state index contributed by atoms with van der Waals surface area (Å²) in [5, 5.41) is 6.50. The van der Waals surface area contributed by atoms with Crippen LogP contribution in [0.15, 0.2) is 10.2 Å². The Morgan fingerprint density at radius 1 is 0.818 bits per heavy atom. The molecule has 0 aromatic rings. The summed E-state index contributed by atoms with van der Waals surface area (Å²) in [7, 11) is -1.10. The molecule has 0 bridgehead atoms. The van der Waals surface area contributed by atoms with Crippen molar-refractivity contribution in [3.8, 4) is 0 Å². The summed E-state index contributed by atoms with van der Waals surface area (Å²) in [6, 6.07) is 2.68. The molecule has 128 valence electrons. The third-order valence-corrected chi connectivity index (χ3v) is 8.32. The highest BCUT2D eigenvalue weighted by atomic mass is 28.4. The van der Waals surface area contributed by atoms with Gasteiger partial charge in [-0.3, -0.25) is 0 Å². The summed E-state index contributed by atoms with van der Waals surface area (Å²) in [5.41, 5.74) is 0. The molecule has 22 heavy (non-hydrogen) atoms. The number of azo groups is 1. The third kappa shape index (κ3) is 8.91. The Bertz CT molecular complexity index is 368. The molecule has 0 radical (unpaired) electrons. The van der Waals surface area contributed by atoms with E-state index >= 15 is 0 Å². The van der Waals surface area contributed by atoms with Crippen molar-refractivity contribution in [1.29, 1.82) is 0 Å². The summed E-state index contributed by atoms with van der Waals surface area (Å²) in [4.78, 5) is 22.9. The van der Waals surface area contributed by atoms with Gasteiger partial charge in [-0.2, -0.15) is 0 Å². The minimum absolute atomic E-state index is 0.439. The van der Waals surface area contributed by atoms with Crippen molar-refractivity contribution in [1.82, 2.24) is 0 Å². The molecule has 0 fully saturated rings. The van der Waals surface area contributed by atoms with Gasteiger partial charge in [-0.25, -0.2) is 9.59 Å². The molecule has 0 saturated carbocycles. The fourth-order valence-corrected chi connectivity index (χ4v) is 8.56. The molecule has 0 aliphatic rings. The maximum Gasteiger partial charge on any atom is 0.452 e. The second-order valence-electron chi connectivity index (χ2n) is 7.01. The van der Waals surface area contributed by atoms with E-state index < -0.39 is 20.5 Å². The van der Waals surface area contributed by atoms with Gasteiger partial charge in [0, 0.05) is 0 Å². The van der Waals surface area contributed by atoms with Gasteiger partial charge in [0.1, 0.15) is 0 Å². The Labute approximate surface area is 134 Å². The number of amides is 2. The highest BCUT2D eigenvalue weighted by Crippen LogP contribution is 2.33. The van der Waals surface area contributed by atoms with Crippen molar-refractivity contribution in [2.24, 2.45) is 28.0 Å². The van der Waals surface area contributed by atoms with Crippen LogP contribution < -0.4 is 0 Å². The van der Waals surface area contributed by atoms with Crippen LogP contribution in [0.2, 0.25) is 18.1 Å². The highest BCUT2D eigenvalue weighted by Gasteiger charge is 2.40. The monoisotopic (exact) mass is 330 g/mol. The Balaban J connectivity index is 5.20. The van der Waals surface area contributed by atoms with E-state index in [2.05, 4.69) is 56.5 Å². The molecule has 0 spiro atoms. The maximum atomic E-state index is 12.0. The maximum absolute atomic E-state index is 12.0. The van der Waals surface area contributed by atoms with Gasteiger partial charge in [0.05, 0.1) is 7.11 Å². The molecule has 2 amide bonds. The zero-order valence-electron chi connectivity index (χ0n) is 14.9. The first-order valence-electron chi connectivity index (χ1n) is 7.83. The van der Waals surface area contributed by atoms with Crippen LogP contribution in [0, 0.1) is 17.8 Å². The van der Waals surface area contributed by atoms with Crippen LogP contribution in [0.3, 0.4) is 0 Å². The molecule has 0 aliphatic carbocycles. The Morgan fingerprint density at radius 2 is 1.18 bits per heavy atom. The van der Waals surface area contributed by atoms with Gasteiger partial charge in [-0.15, -0.1) is 0 Å². The van der Waals surface area contributed by atoms with Crippen molar-refractivity contribution in [2.45, 2.75) is 59.7 Å². The summed E-state index contributed by atoms with van der Waals surface area (Å²) in [6.07, 6.45) is -1.68. The van der Waals surface area contributed by atoms with Crippen molar-refractivity contribution in [2.75, 3.05) is 7.11 Å². The molecule has 0 saturated heterocycles. The lowest BCUT2D eigenvalue weighted by Crippen LogP contribution is -2.43. The van der Waals surface area contributed by atoms with Crippen LogP contribution in [0.5, 0.6) is 0 Å². The van der Waals surface area contributed by atoms with Gasteiger partial charge >= 0.3 is 12.2 Å². The van der Waals surface area contributed by atoms with E-state index in [1.807, 2.05) is 0 Å². The molecule has 7 heteroatoms. The number of nitrogens with zero attached hydrogens (tertiary/aromatic N) is 2. The van der Waals surface area contributed by atoms with Gasteiger partial charge in [0.15, 0.2) is 0 Å². The van der Waals surface area contributed by atoms with E-state index in [4.69, 9.17) is 4.43 Å². The van der Waals surface area contributed by atoms with E-state index in [1.165, 1.54) is 7.11 Å². The zero-order valence-corrected chi connectivity index (χ0v) is 15.9. The number of rotatable bonds is 7. The molecule has 6 nitrogen and oxygen atoms in total. The Kier molecular flexibility index (Phi) is 9.16. The lowest BCUT2D eigenvalue weighted by molar-refractivity contribution is 0.177. The average molecular weight is 331 g/mol. The normalized spacial score (nSPS) is 12.5. The molecule has 0 heterocycles. The van der Waals surface area contributed by atoms with Crippen LogP contribution in [0.1, 0.15) is 41.5 Å². The van der Waals surface area contributed by atoms with Gasteiger partial charge in [0.2, 0.25) is 0 Å². The number of carbonyl (C=O) groups is 2.